The van der Waals surface area contributed by atoms with Gasteiger partial charge in [0.1, 0.15) is 10.9 Å². The standard InChI is InChI=1S/C8H5ClN2O2/c9-7-2-5-4(3-10-7)1-6(11-5)8(12)13/h1-4H,(H,12,13)/t4-/m0/s1. The van der Waals surface area contributed by atoms with Crippen molar-refractivity contribution in [3.05, 3.63) is 23.0 Å². The summed E-state index contributed by atoms with van der Waals surface area (Å²) in [5.74, 6) is -1.16. The predicted molar refractivity (Wildman–Crippen MR) is 49.1 cm³/mol. The summed E-state index contributed by atoms with van der Waals surface area (Å²) in [6, 6.07) is 0. The van der Waals surface area contributed by atoms with Gasteiger partial charge in [0.25, 0.3) is 0 Å². The number of aliphatic imine (C=N–C) groups is 2. The first-order valence-corrected chi connectivity index (χ1v) is 4.00. The molecule has 0 aromatic heterocycles. The Labute approximate surface area is 79.0 Å². The highest BCUT2D eigenvalue weighted by Gasteiger charge is 2.23. The van der Waals surface area contributed by atoms with Crippen molar-refractivity contribution in [2.75, 3.05) is 0 Å². The molecule has 0 bridgehead atoms. The van der Waals surface area contributed by atoms with Crippen molar-refractivity contribution in [1.29, 1.82) is 0 Å². The van der Waals surface area contributed by atoms with Crippen LogP contribution in [0.4, 0.5) is 0 Å². The van der Waals surface area contributed by atoms with Gasteiger partial charge in [0, 0.05) is 6.21 Å². The molecule has 0 radical (unpaired) electrons. The van der Waals surface area contributed by atoms with Crippen LogP contribution < -0.4 is 0 Å². The van der Waals surface area contributed by atoms with Crippen LogP contribution in [0.25, 0.3) is 0 Å². The molecule has 2 aliphatic rings. The molecule has 0 fully saturated rings. The Balaban J connectivity index is 2.36. The summed E-state index contributed by atoms with van der Waals surface area (Å²) in [7, 11) is 0. The summed E-state index contributed by atoms with van der Waals surface area (Å²) < 4.78 is 0. The van der Waals surface area contributed by atoms with Crippen LogP contribution in [0.5, 0.6) is 0 Å². The third-order valence-corrected chi connectivity index (χ3v) is 1.98. The van der Waals surface area contributed by atoms with Crippen molar-refractivity contribution < 1.29 is 9.90 Å². The van der Waals surface area contributed by atoms with Crippen LogP contribution in [0.15, 0.2) is 33.0 Å². The number of allylic oxidation sites excluding steroid dienone is 2. The summed E-state index contributed by atoms with van der Waals surface area (Å²) in [4.78, 5) is 18.3. The number of carboxylic acid groups (broad SMARTS) is 1. The Hall–Kier alpha value is -1.42. The highest BCUT2D eigenvalue weighted by atomic mass is 35.5. The van der Waals surface area contributed by atoms with Gasteiger partial charge in [-0.05, 0) is 12.2 Å². The first kappa shape index (κ1) is 8.19. The van der Waals surface area contributed by atoms with Gasteiger partial charge in [-0.2, -0.15) is 0 Å². The molecule has 4 nitrogen and oxygen atoms in total. The zero-order chi connectivity index (χ0) is 9.42. The van der Waals surface area contributed by atoms with Crippen LogP contribution in [0.3, 0.4) is 0 Å². The van der Waals surface area contributed by atoms with Crippen molar-refractivity contribution in [1.82, 2.24) is 0 Å². The van der Waals surface area contributed by atoms with Crippen LogP contribution in [0.1, 0.15) is 0 Å². The van der Waals surface area contributed by atoms with E-state index < -0.39 is 5.97 Å². The second-order valence-corrected chi connectivity index (χ2v) is 3.05. The number of hydrogen-bond acceptors (Lipinski definition) is 3. The molecule has 66 valence electrons. The molecule has 2 aliphatic heterocycles. The van der Waals surface area contributed by atoms with E-state index in [0.717, 1.165) is 0 Å². The molecule has 0 amide bonds. The summed E-state index contributed by atoms with van der Waals surface area (Å²) in [6.45, 7) is 0. The van der Waals surface area contributed by atoms with Gasteiger partial charge in [-0.1, -0.05) is 11.6 Å². The van der Waals surface area contributed by atoms with Crippen LogP contribution in [0, 0.1) is 5.92 Å². The van der Waals surface area contributed by atoms with E-state index in [4.69, 9.17) is 16.7 Å². The Morgan fingerprint density at radius 3 is 3.08 bits per heavy atom. The van der Waals surface area contributed by atoms with E-state index in [1.165, 1.54) is 0 Å². The van der Waals surface area contributed by atoms with Gasteiger partial charge in [0.15, 0.2) is 0 Å². The first-order valence-electron chi connectivity index (χ1n) is 3.62. The monoisotopic (exact) mass is 196 g/mol. The lowest BCUT2D eigenvalue weighted by Gasteiger charge is -2.05. The maximum Gasteiger partial charge on any atom is 0.354 e. The van der Waals surface area contributed by atoms with E-state index in [2.05, 4.69) is 9.98 Å². The molecule has 0 saturated carbocycles. The fourth-order valence-electron chi connectivity index (χ4n) is 1.18. The molecule has 2 rings (SSSR count). The second-order valence-electron chi connectivity index (χ2n) is 2.66. The highest BCUT2D eigenvalue weighted by molar-refractivity contribution is 6.33. The molecule has 2 heterocycles. The molecular formula is C8H5ClN2O2. The Kier molecular flexibility index (Phi) is 1.77. The molecule has 0 aromatic rings. The maximum atomic E-state index is 10.6. The van der Waals surface area contributed by atoms with Gasteiger partial charge >= 0.3 is 5.97 Å². The molecule has 5 heteroatoms. The van der Waals surface area contributed by atoms with Gasteiger partial charge < -0.3 is 5.11 Å². The topological polar surface area (TPSA) is 62.0 Å². The predicted octanol–water partition coefficient (Wildman–Crippen LogP) is 1.19. The fraction of sp³-hybridized carbons (Fsp3) is 0.125. The average Bonchev–Trinajstić information content (AvgIpc) is 2.46. The zero-order valence-electron chi connectivity index (χ0n) is 6.44. The second kappa shape index (κ2) is 2.81. The lowest BCUT2D eigenvalue weighted by Crippen LogP contribution is -2.11. The number of nitrogens with zero attached hydrogens (tertiary/aromatic N) is 2. The minimum atomic E-state index is -1.03. The molecule has 0 aromatic carbocycles. The number of hydrogen-bond donors (Lipinski definition) is 1. The van der Waals surface area contributed by atoms with Crippen LogP contribution >= 0.6 is 11.6 Å². The molecule has 0 saturated heterocycles. The highest BCUT2D eigenvalue weighted by Crippen LogP contribution is 2.22. The molecule has 13 heavy (non-hydrogen) atoms. The minimum absolute atomic E-state index is 0.0501. The summed E-state index contributed by atoms with van der Waals surface area (Å²) >= 11 is 5.62. The summed E-state index contributed by atoms with van der Waals surface area (Å²) in [6.07, 6.45) is 4.69. The molecule has 0 aliphatic carbocycles. The average molecular weight is 197 g/mol. The van der Waals surface area contributed by atoms with Crippen molar-refractivity contribution >= 4 is 29.5 Å². The van der Waals surface area contributed by atoms with Gasteiger partial charge in [-0.25, -0.2) is 14.8 Å². The fourth-order valence-corrected chi connectivity index (χ4v) is 1.35. The van der Waals surface area contributed by atoms with Gasteiger partial charge in [0.05, 0.1) is 11.6 Å². The molecule has 1 atom stereocenters. The van der Waals surface area contributed by atoms with E-state index >= 15 is 0 Å². The number of rotatable bonds is 1. The number of carboxylic acids is 1. The first-order chi connectivity index (χ1) is 6.16. The van der Waals surface area contributed by atoms with Crippen molar-refractivity contribution in [3.63, 3.8) is 0 Å². The van der Waals surface area contributed by atoms with E-state index in [9.17, 15) is 4.79 Å². The Bertz CT molecular complexity index is 393. The van der Waals surface area contributed by atoms with E-state index in [-0.39, 0.29) is 11.6 Å². The molecule has 0 unspecified atom stereocenters. The smallest absolute Gasteiger partial charge is 0.354 e. The maximum absolute atomic E-state index is 10.6. The lowest BCUT2D eigenvalue weighted by atomic mass is 10.0. The summed E-state index contributed by atoms with van der Waals surface area (Å²) in [5, 5.41) is 8.98. The number of halogens is 1. The van der Waals surface area contributed by atoms with E-state index in [0.29, 0.717) is 10.9 Å². The Morgan fingerprint density at radius 1 is 1.62 bits per heavy atom. The van der Waals surface area contributed by atoms with Crippen LogP contribution in [-0.4, -0.2) is 23.0 Å². The minimum Gasteiger partial charge on any atom is -0.477 e. The number of carbonyl (C=O) groups is 1. The van der Waals surface area contributed by atoms with Crippen molar-refractivity contribution in [2.45, 2.75) is 0 Å². The van der Waals surface area contributed by atoms with E-state index in [1.54, 1.807) is 18.4 Å². The van der Waals surface area contributed by atoms with E-state index in [1.807, 2.05) is 0 Å². The quantitative estimate of drug-likeness (QED) is 0.641. The zero-order valence-corrected chi connectivity index (χ0v) is 7.19. The SMILES string of the molecule is O=C(O)C1=C[C@H]2C=NC(Cl)=CC2=N1. The van der Waals surface area contributed by atoms with Crippen molar-refractivity contribution in [2.24, 2.45) is 15.9 Å². The molecule has 1 N–H and O–H groups in total. The third-order valence-electron chi connectivity index (χ3n) is 1.77. The molecular weight excluding hydrogens is 192 g/mol. The van der Waals surface area contributed by atoms with Gasteiger partial charge in [-0.15, -0.1) is 0 Å². The molecule has 0 spiro atoms. The largest absolute Gasteiger partial charge is 0.477 e. The number of aliphatic carboxylic acids is 1. The van der Waals surface area contributed by atoms with Gasteiger partial charge in [0.2, 0.25) is 0 Å². The Morgan fingerprint density at radius 2 is 2.38 bits per heavy atom. The third kappa shape index (κ3) is 1.40. The summed E-state index contributed by atoms with van der Waals surface area (Å²) in [5.41, 5.74) is 0.687. The lowest BCUT2D eigenvalue weighted by molar-refractivity contribution is -0.132. The van der Waals surface area contributed by atoms with Crippen LogP contribution in [-0.2, 0) is 4.79 Å². The van der Waals surface area contributed by atoms with Gasteiger partial charge in [-0.3, -0.25) is 0 Å². The van der Waals surface area contributed by atoms with Crippen LogP contribution in [0.2, 0.25) is 0 Å². The normalized spacial score (nSPS) is 24.7. The number of fused-ring (bicyclic) bond motifs is 1. The van der Waals surface area contributed by atoms with Crippen molar-refractivity contribution in [3.8, 4) is 0 Å².